The van der Waals surface area contributed by atoms with Gasteiger partial charge in [-0.25, -0.2) is 4.98 Å². The van der Waals surface area contributed by atoms with E-state index >= 15 is 0 Å². The summed E-state index contributed by atoms with van der Waals surface area (Å²) in [4.78, 5) is 13.1. The first-order valence-corrected chi connectivity index (χ1v) is 9.33. The largest absolute Gasteiger partial charge is 0.457 e. The molecule has 6 heteroatoms. The molecular formula is C23H21N5O. The number of nitrogens with zero attached hydrogens (tertiary/aromatic N) is 3. The lowest BCUT2D eigenvalue weighted by Crippen LogP contribution is -2.05. The number of hydrogen-bond acceptors (Lipinski definition) is 6. The maximum Gasteiger partial charge on any atom is 0.229 e. The Hall–Kier alpha value is -3.93. The first kappa shape index (κ1) is 18.4. The molecule has 144 valence electrons. The van der Waals surface area contributed by atoms with Crippen molar-refractivity contribution in [3.63, 3.8) is 0 Å². The van der Waals surface area contributed by atoms with Gasteiger partial charge in [0.25, 0.3) is 0 Å². The first-order chi connectivity index (χ1) is 14.2. The van der Waals surface area contributed by atoms with Crippen LogP contribution in [0.2, 0.25) is 0 Å². The Balaban J connectivity index is 1.41. The van der Waals surface area contributed by atoms with Gasteiger partial charge < -0.3 is 15.4 Å². The van der Waals surface area contributed by atoms with E-state index in [9.17, 15) is 0 Å². The van der Waals surface area contributed by atoms with Gasteiger partial charge in [-0.2, -0.15) is 4.98 Å². The molecule has 6 nitrogen and oxygen atoms in total. The van der Waals surface area contributed by atoms with Crippen molar-refractivity contribution in [1.82, 2.24) is 15.0 Å². The van der Waals surface area contributed by atoms with Crippen LogP contribution in [0.25, 0.3) is 0 Å². The fourth-order valence-electron chi connectivity index (χ4n) is 2.77. The summed E-state index contributed by atoms with van der Waals surface area (Å²) in [6, 6.07) is 23.2. The molecule has 4 aromatic rings. The summed E-state index contributed by atoms with van der Waals surface area (Å²) in [5.74, 6) is 2.87. The normalized spacial score (nSPS) is 10.4. The molecule has 29 heavy (non-hydrogen) atoms. The molecule has 0 aliphatic carbocycles. The van der Waals surface area contributed by atoms with Crippen LogP contribution in [0.1, 0.15) is 11.3 Å². The number of aryl methyl sites for hydroxylation is 1. The lowest BCUT2D eigenvalue weighted by atomic mass is 10.3. The van der Waals surface area contributed by atoms with Crippen molar-refractivity contribution in [2.45, 2.75) is 13.5 Å². The molecule has 2 aromatic carbocycles. The lowest BCUT2D eigenvalue weighted by molar-refractivity contribution is 0.483. The highest BCUT2D eigenvalue weighted by Gasteiger charge is 2.04. The van der Waals surface area contributed by atoms with Gasteiger partial charge in [-0.15, -0.1) is 0 Å². The van der Waals surface area contributed by atoms with Gasteiger partial charge in [0.15, 0.2) is 0 Å². The second-order valence-electron chi connectivity index (χ2n) is 6.50. The number of benzene rings is 2. The van der Waals surface area contributed by atoms with Crippen LogP contribution in [0.15, 0.2) is 85.2 Å². The number of ether oxygens (including phenoxy) is 1. The van der Waals surface area contributed by atoms with Gasteiger partial charge in [-0.1, -0.05) is 24.3 Å². The third-order valence-electron chi connectivity index (χ3n) is 4.14. The summed E-state index contributed by atoms with van der Waals surface area (Å²) in [6.45, 7) is 2.59. The molecule has 0 atom stereocenters. The van der Waals surface area contributed by atoms with Crippen LogP contribution >= 0.6 is 0 Å². The minimum atomic E-state index is 0.537. The van der Waals surface area contributed by atoms with E-state index in [1.54, 1.807) is 6.20 Å². The first-order valence-electron chi connectivity index (χ1n) is 9.33. The van der Waals surface area contributed by atoms with Crippen LogP contribution in [0.3, 0.4) is 0 Å². The van der Waals surface area contributed by atoms with Crippen LogP contribution in [-0.2, 0) is 6.54 Å². The molecule has 0 bridgehead atoms. The molecule has 4 rings (SSSR count). The van der Waals surface area contributed by atoms with Gasteiger partial charge in [0.05, 0.1) is 0 Å². The van der Waals surface area contributed by atoms with Crippen molar-refractivity contribution in [3.05, 3.63) is 96.4 Å². The van der Waals surface area contributed by atoms with Crippen molar-refractivity contribution in [2.24, 2.45) is 0 Å². The topological polar surface area (TPSA) is 72.0 Å². The molecule has 0 unspecified atom stereocenters. The highest BCUT2D eigenvalue weighted by atomic mass is 16.5. The number of rotatable bonds is 7. The molecule has 2 heterocycles. The van der Waals surface area contributed by atoms with Crippen LogP contribution in [0, 0.1) is 6.92 Å². The van der Waals surface area contributed by atoms with Crippen LogP contribution in [-0.4, -0.2) is 15.0 Å². The van der Waals surface area contributed by atoms with Crippen LogP contribution in [0.4, 0.5) is 17.5 Å². The molecule has 2 aromatic heterocycles. The van der Waals surface area contributed by atoms with E-state index in [1.165, 1.54) is 0 Å². The molecule has 0 saturated carbocycles. The number of anilines is 3. The molecule has 0 spiro atoms. The van der Waals surface area contributed by atoms with E-state index in [4.69, 9.17) is 4.74 Å². The number of nitrogens with one attached hydrogen (secondary N) is 2. The SMILES string of the molecule is Cc1cc(NCc2cccnc2)nc(Nc2ccc(Oc3ccccc3)cc2)n1. The molecule has 2 N–H and O–H groups in total. The van der Waals surface area contributed by atoms with Crippen molar-refractivity contribution >= 4 is 17.5 Å². The Bertz CT molecular complexity index is 1050. The highest BCUT2D eigenvalue weighted by molar-refractivity contribution is 5.56. The monoisotopic (exact) mass is 383 g/mol. The van der Waals surface area contributed by atoms with Gasteiger partial charge in [0.2, 0.25) is 5.95 Å². The Morgan fingerprint density at radius 2 is 1.66 bits per heavy atom. The zero-order chi connectivity index (χ0) is 19.9. The molecule has 0 aliphatic rings. The molecule has 0 fully saturated rings. The summed E-state index contributed by atoms with van der Waals surface area (Å²) in [5.41, 5.74) is 2.85. The number of aromatic nitrogens is 3. The summed E-state index contributed by atoms with van der Waals surface area (Å²) in [5, 5.41) is 6.56. The van der Waals surface area contributed by atoms with E-state index in [-0.39, 0.29) is 0 Å². The standard InChI is InChI=1S/C23H21N5O/c1-17-14-22(25-16-18-6-5-13-24-15-18)28-23(26-17)27-19-9-11-21(12-10-19)29-20-7-3-2-4-8-20/h2-15H,16H2,1H3,(H2,25,26,27,28). The van der Waals surface area contributed by atoms with Gasteiger partial charge in [0, 0.05) is 36.4 Å². The van der Waals surface area contributed by atoms with E-state index in [0.29, 0.717) is 12.5 Å². The fraction of sp³-hybridized carbons (Fsp3) is 0.0870. The van der Waals surface area contributed by atoms with Crippen molar-refractivity contribution in [2.75, 3.05) is 10.6 Å². The second-order valence-corrected chi connectivity index (χ2v) is 6.50. The smallest absolute Gasteiger partial charge is 0.229 e. The maximum atomic E-state index is 5.82. The van der Waals surface area contributed by atoms with Gasteiger partial charge in [-0.3, -0.25) is 4.98 Å². The van der Waals surface area contributed by atoms with E-state index in [0.717, 1.165) is 34.3 Å². The third kappa shape index (κ3) is 5.29. The van der Waals surface area contributed by atoms with Crippen LogP contribution < -0.4 is 15.4 Å². The lowest BCUT2D eigenvalue weighted by Gasteiger charge is -2.11. The average molecular weight is 383 g/mol. The Labute approximate surface area is 169 Å². The average Bonchev–Trinajstić information content (AvgIpc) is 2.75. The molecule has 0 amide bonds. The number of hydrogen-bond donors (Lipinski definition) is 2. The summed E-state index contributed by atoms with van der Waals surface area (Å²) in [7, 11) is 0. The minimum Gasteiger partial charge on any atom is -0.457 e. The zero-order valence-corrected chi connectivity index (χ0v) is 16.0. The quantitative estimate of drug-likeness (QED) is 0.449. The Morgan fingerprint density at radius 1 is 0.862 bits per heavy atom. The van der Waals surface area contributed by atoms with E-state index < -0.39 is 0 Å². The van der Waals surface area contributed by atoms with Crippen LogP contribution in [0.5, 0.6) is 11.5 Å². The van der Waals surface area contributed by atoms with E-state index in [1.807, 2.05) is 85.9 Å². The zero-order valence-electron chi connectivity index (χ0n) is 16.0. The second kappa shape index (κ2) is 8.84. The third-order valence-corrected chi connectivity index (χ3v) is 4.14. The Kier molecular flexibility index (Phi) is 5.62. The predicted octanol–water partition coefficient (Wildman–Crippen LogP) is 5.33. The molecule has 0 saturated heterocycles. The highest BCUT2D eigenvalue weighted by Crippen LogP contribution is 2.24. The van der Waals surface area contributed by atoms with E-state index in [2.05, 4.69) is 25.6 Å². The minimum absolute atomic E-state index is 0.537. The van der Waals surface area contributed by atoms with Crippen molar-refractivity contribution < 1.29 is 4.74 Å². The summed E-state index contributed by atoms with van der Waals surface area (Å²) >= 11 is 0. The summed E-state index contributed by atoms with van der Waals surface area (Å²) < 4.78 is 5.82. The summed E-state index contributed by atoms with van der Waals surface area (Å²) in [6.07, 6.45) is 3.59. The van der Waals surface area contributed by atoms with Gasteiger partial charge in [0.1, 0.15) is 17.3 Å². The van der Waals surface area contributed by atoms with Gasteiger partial charge >= 0.3 is 0 Å². The number of pyridine rings is 1. The maximum absolute atomic E-state index is 5.82. The molecular weight excluding hydrogens is 362 g/mol. The predicted molar refractivity (Wildman–Crippen MR) is 115 cm³/mol. The van der Waals surface area contributed by atoms with Crippen molar-refractivity contribution in [3.8, 4) is 11.5 Å². The molecule has 0 radical (unpaired) electrons. The number of para-hydroxylation sites is 1. The Morgan fingerprint density at radius 3 is 2.41 bits per heavy atom. The molecule has 0 aliphatic heterocycles. The fourth-order valence-corrected chi connectivity index (χ4v) is 2.77. The van der Waals surface area contributed by atoms with Gasteiger partial charge in [-0.05, 0) is 55.0 Å². The van der Waals surface area contributed by atoms with Crippen molar-refractivity contribution in [1.29, 1.82) is 0 Å².